The highest BCUT2D eigenvalue weighted by Gasteiger charge is 2.20. The van der Waals surface area contributed by atoms with E-state index in [1.807, 2.05) is 68.4 Å². The Hall–Kier alpha value is -2.93. The molecule has 142 valence electrons. The van der Waals surface area contributed by atoms with E-state index < -0.39 is 0 Å². The minimum Gasteiger partial charge on any atom is -0.419 e. The Kier molecular flexibility index (Phi) is 5.25. The lowest BCUT2D eigenvalue weighted by Gasteiger charge is -2.14. The highest BCUT2D eigenvalue weighted by Crippen LogP contribution is 2.34. The van der Waals surface area contributed by atoms with Crippen LogP contribution in [-0.4, -0.2) is 19.7 Å². The van der Waals surface area contributed by atoms with Crippen LogP contribution >= 0.6 is 11.8 Å². The van der Waals surface area contributed by atoms with Crippen molar-refractivity contribution in [2.75, 3.05) is 0 Å². The van der Waals surface area contributed by atoms with Gasteiger partial charge in [0.25, 0.3) is 5.56 Å². The number of rotatable bonds is 6. The van der Waals surface area contributed by atoms with Gasteiger partial charge in [0.05, 0.1) is 16.2 Å². The molecule has 2 heterocycles. The largest absolute Gasteiger partial charge is 0.419 e. The first-order chi connectivity index (χ1) is 13.7. The van der Waals surface area contributed by atoms with Gasteiger partial charge in [0.15, 0.2) is 5.16 Å². The van der Waals surface area contributed by atoms with Crippen molar-refractivity contribution in [2.45, 2.75) is 37.2 Å². The zero-order valence-corrected chi connectivity index (χ0v) is 16.5. The van der Waals surface area contributed by atoms with Crippen LogP contribution in [0.5, 0.6) is 0 Å². The molecule has 0 amide bonds. The zero-order chi connectivity index (χ0) is 19.5. The van der Waals surface area contributed by atoms with E-state index in [1.54, 1.807) is 4.57 Å². The molecule has 0 aliphatic carbocycles. The van der Waals surface area contributed by atoms with E-state index in [1.165, 1.54) is 11.8 Å². The zero-order valence-electron chi connectivity index (χ0n) is 15.7. The first kappa shape index (κ1) is 18.4. The monoisotopic (exact) mass is 392 g/mol. The lowest BCUT2D eigenvalue weighted by molar-refractivity contribution is 0.507. The molecule has 0 saturated carbocycles. The molecule has 7 heteroatoms. The molecule has 1 atom stereocenters. The van der Waals surface area contributed by atoms with Crippen molar-refractivity contribution in [1.82, 2.24) is 19.7 Å². The molecule has 2 aromatic carbocycles. The Bertz CT molecular complexity index is 1150. The van der Waals surface area contributed by atoms with Crippen LogP contribution in [0, 0.1) is 0 Å². The maximum atomic E-state index is 12.9. The van der Waals surface area contributed by atoms with Crippen molar-refractivity contribution in [3.8, 4) is 11.5 Å². The molecule has 0 aliphatic heterocycles. The van der Waals surface area contributed by atoms with Gasteiger partial charge in [-0.05, 0) is 37.6 Å². The number of para-hydroxylation sites is 1. The fraction of sp³-hybridized carbons (Fsp3) is 0.238. The number of benzene rings is 2. The summed E-state index contributed by atoms with van der Waals surface area (Å²) in [7, 11) is 0. The maximum absolute atomic E-state index is 12.9. The highest BCUT2D eigenvalue weighted by molar-refractivity contribution is 7.99. The van der Waals surface area contributed by atoms with E-state index in [0.29, 0.717) is 34.4 Å². The summed E-state index contributed by atoms with van der Waals surface area (Å²) in [5.74, 6) is 0.995. The van der Waals surface area contributed by atoms with Gasteiger partial charge >= 0.3 is 0 Å². The van der Waals surface area contributed by atoms with Crippen molar-refractivity contribution >= 4 is 22.7 Å². The predicted molar refractivity (Wildman–Crippen MR) is 110 cm³/mol. The average Bonchev–Trinajstić information content (AvgIpc) is 3.22. The Balaban J connectivity index is 1.67. The van der Waals surface area contributed by atoms with Crippen molar-refractivity contribution in [1.29, 1.82) is 0 Å². The summed E-state index contributed by atoms with van der Waals surface area (Å²) >= 11 is 1.46. The molecule has 4 aromatic rings. The van der Waals surface area contributed by atoms with Gasteiger partial charge in [-0.25, -0.2) is 4.98 Å². The molecule has 4 rings (SSSR count). The normalized spacial score (nSPS) is 12.4. The number of hydrogen-bond acceptors (Lipinski definition) is 6. The number of thioether (sulfide) groups is 1. The highest BCUT2D eigenvalue weighted by atomic mass is 32.2. The first-order valence-corrected chi connectivity index (χ1v) is 10.1. The standard InChI is InChI=1S/C21H20N4O2S/c1-3-13-25-20(26)16-11-7-8-12-17(16)22-21(25)28-14(2)18-23-24-19(27-18)15-9-5-4-6-10-15/h4-12,14H,3,13H2,1-2H3/t14-/m0/s1. The minimum absolute atomic E-state index is 0.0161. The second-order valence-electron chi connectivity index (χ2n) is 6.44. The van der Waals surface area contributed by atoms with Crippen LogP contribution < -0.4 is 5.56 Å². The third kappa shape index (κ3) is 3.57. The summed E-state index contributed by atoms with van der Waals surface area (Å²) in [5.41, 5.74) is 1.56. The number of hydrogen-bond donors (Lipinski definition) is 0. The van der Waals surface area contributed by atoms with E-state index in [2.05, 4.69) is 10.2 Å². The van der Waals surface area contributed by atoms with Crippen molar-refractivity contribution in [2.24, 2.45) is 0 Å². The van der Waals surface area contributed by atoms with E-state index in [4.69, 9.17) is 9.40 Å². The van der Waals surface area contributed by atoms with Gasteiger partial charge in [-0.15, -0.1) is 10.2 Å². The summed E-state index contributed by atoms with van der Waals surface area (Å²) < 4.78 is 7.60. The van der Waals surface area contributed by atoms with E-state index in [-0.39, 0.29) is 10.8 Å². The lowest BCUT2D eigenvalue weighted by Crippen LogP contribution is -2.23. The summed E-state index contributed by atoms with van der Waals surface area (Å²) in [6.07, 6.45) is 0.848. The first-order valence-electron chi connectivity index (χ1n) is 9.22. The Morgan fingerprint density at radius 3 is 2.61 bits per heavy atom. The molecule has 0 saturated heterocycles. The van der Waals surface area contributed by atoms with Gasteiger partial charge in [0, 0.05) is 12.1 Å². The minimum atomic E-state index is -0.138. The molecule has 0 radical (unpaired) electrons. The van der Waals surface area contributed by atoms with Crippen molar-refractivity contribution in [3.63, 3.8) is 0 Å². The second-order valence-corrected chi connectivity index (χ2v) is 7.75. The van der Waals surface area contributed by atoms with Crippen LogP contribution in [-0.2, 0) is 6.54 Å². The molecule has 0 fully saturated rings. The topological polar surface area (TPSA) is 73.8 Å². The Morgan fingerprint density at radius 2 is 1.82 bits per heavy atom. The molecule has 0 spiro atoms. The molecular weight excluding hydrogens is 372 g/mol. The third-order valence-corrected chi connectivity index (χ3v) is 5.44. The smallest absolute Gasteiger partial charge is 0.262 e. The van der Waals surface area contributed by atoms with Gasteiger partial charge in [-0.3, -0.25) is 9.36 Å². The maximum Gasteiger partial charge on any atom is 0.262 e. The van der Waals surface area contributed by atoms with Crippen molar-refractivity contribution in [3.05, 3.63) is 70.8 Å². The van der Waals surface area contributed by atoms with E-state index in [0.717, 1.165) is 12.0 Å². The third-order valence-electron chi connectivity index (χ3n) is 4.37. The quantitative estimate of drug-likeness (QED) is 0.349. The van der Waals surface area contributed by atoms with Gasteiger partial charge in [0.1, 0.15) is 0 Å². The molecule has 28 heavy (non-hydrogen) atoms. The van der Waals surface area contributed by atoms with Crippen LogP contribution in [0.25, 0.3) is 22.4 Å². The predicted octanol–water partition coefficient (Wildman–Crippen LogP) is 4.71. The summed E-state index contributed by atoms with van der Waals surface area (Å²) in [5, 5.41) is 9.52. The van der Waals surface area contributed by atoms with Crippen molar-refractivity contribution < 1.29 is 4.42 Å². The van der Waals surface area contributed by atoms with Crippen LogP contribution in [0.15, 0.2) is 69.0 Å². The number of fused-ring (bicyclic) bond motifs is 1. The van der Waals surface area contributed by atoms with Gasteiger partial charge in [-0.2, -0.15) is 0 Å². The molecule has 6 nitrogen and oxygen atoms in total. The molecule has 0 bridgehead atoms. The molecule has 0 unspecified atom stereocenters. The van der Waals surface area contributed by atoms with E-state index in [9.17, 15) is 4.79 Å². The van der Waals surface area contributed by atoms with E-state index >= 15 is 0 Å². The Morgan fingerprint density at radius 1 is 1.07 bits per heavy atom. The number of aromatic nitrogens is 4. The SMILES string of the molecule is CCCn1c(S[C@@H](C)c2nnc(-c3ccccc3)o2)nc2ccccc2c1=O. The molecule has 2 aromatic heterocycles. The second kappa shape index (κ2) is 7.98. The lowest BCUT2D eigenvalue weighted by atomic mass is 10.2. The summed E-state index contributed by atoms with van der Waals surface area (Å²) in [6, 6.07) is 17.1. The molecular formula is C21H20N4O2S. The number of nitrogens with zero attached hydrogens (tertiary/aromatic N) is 4. The summed E-state index contributed by atoms with van der Waals surface area (Å²) in [4.78, 5) is 17.6. The molecule has 0 aliphatic rings. The van der Waals surface area contributed by atoms with Crippen LogP contribution in [0.3, 0.4) is 0 Å². The van der Waals surface area contributed by atoms with Gasteiger partial charge in [0.2, 0.25) is 11.8 Å². The Labute approximate surface area is 166 Å². The molecule has 0 N–H and O–H groups in total. The summed E-state index contributed by atoms with van der Waals surface area (Å²) in [6.45, 7) is 4.64. The van der Waals surface area contributed by atoms with Gasteiger partial charge in [-0.1, -0.05) is 49.0 Å². The van der Waals surface area contributed by atoms with Crippen LogP contribution in [0.2, 0.25) is 0 Å². The average molecular weight is 392 g/mol. The fourth-order valence-electron chi connectivity index (χ4n) is 2.96. The van der Waals surface area contributed by atoms with Crippen LogP contribution in [0.1, 0.15) is 31.4 Å². The van der Waals surface area contributed by atoms with Crippen LogP contribution in [0.4, 0.5) is 0 Å². The fourth-order valence-corrected chi connectivity index (χ4v) is 3.93. The van der Waals surface area contributed by atoms with Gasteiger partial charge < -0.3 is 4.42 Å².